The Kier molecular flexibility index (Phi) is 5.31. The summed E-state index contributed by atoms with van der Waals surface area (Å²) in [4.78, 5) is 0. The first-order valence-electron chi connectivity index (χ1n) is 6.65. The molecule has 0 aliphatic carbocycles. The molecular formula is C14H19N3O2S. The summed E-state index contributed by atoms with van der Waals surface area (Å²) in [6, 6.07) is 5.26. The van der Waals surface area contributed by atoms with Gasteiger partial charge in [-0.25, -0.2) is 0 Å². The summed E-state index contributed by atoms with van der Waals surface area (Å²) in [7, 11) is 1.53. The molecule has 0 unspecified atom stereocenters. The van der Waals surface area contributed by atoms with Gasteiger partial charge in [0.25, 0.3) is 0 Å². The second kappa shape index (κ2) is 7.21. The number of hydrogen-bond donors (Lipinski definition) is 2. The Hall–Kier alpha value is -1.66. The number of rotatable bonds is 7. The van der Waals surface area contributed by atoms with Crippen molar-refractivity contribution in [3.63, 3.8) is 0 Å². The van der Waals surface area contributed by atoms with Crippen LogP contribution >= 0.6 is 11.3 Å². The van der Waals surface area contributed by atoms with Crippen LogP contribution in [-0.2, 0) is 6.42 Å². The summed E-state index contributed by atoms with van der Waals surface area (Å²) in [6.45, 7) is 4.08. The fourth-order valence-corrected chi connectivity index (χ4v) is 2.71. The van der Waals surface area contributed by atoms with Crippen LogP contribution in [0, 0.1) is 0 Å². The van der Waals surface area contributed by atoms with E-state index in [1.807, 2.05) is 6.07 Å². The molecule has 2 N–H and O–H groups in total. The third kappa shape index (κ3) is 3.68. The summed E-state index contributed by atoms with van der Waals surface area (Å²) in [5.41, 5.74) is 0.860. The lowest BCUT2D eigenvalue weighted by molar-refractivity contribution is 0.373. The van der Waals surface area contributed by atoms with Gasteiger partial charge in [-0.2, -0.15) is 0 Å². The van der Waals surface area contributed by atoms with E-state index >= 15 is 0 Å². The highest BCUT2D eigenvalue weighted by Gasteiger charge is 2.09. The minimum atomic E-state index is 0.119. The zero-order chi connectivity index (χ0) is 14.4. The molecule has 2 aromatic rings. The number of nitrogens with zero attached hydrogens (tertiary/aromatic N) is 2. The number of hydrogen-bond acceptors (Lipinski definition) is 6. The average Bonchev–Trinajstić information content (AvgIpc) is 2.92. The lowest BCUT2D eigenvalue weighted by Crippen LogP contribution is -2.14. The fourth-order valence-electron chi connectivity index (χ4n) is 1.84. The van der Waals surface area contributed by atoms with Crippen molar-refractivity contribution in [2.75, 3.05) is 20.2 Å². The summed E-state index contributed by atoms with van der Waals surface area (Å²) >= 11 is 1.56. The van der Waals surface area contributed by atoms with Crippen molar-refractivity contribution in [1.82, 2.24) is 15.5 Å². The SMILES string of the molecule is CCNCCCc1nnc(-c2ccc(OC)c(O)c2)s1. The van der Waals surface area contributed by atoms with Gasteiger partial charge in [0.05, 0.1) is 7.11 Å². The number of phenols is 1. The molecule has 0 aliphatic rings. The molecule has 0 saturated heterocycles. The molecule has 5 nitrogen and oxygen atoms in total. The number of nitrogens with one attached hydrogen (secondary N) is 1. The van der Waals surface area contributed by atoms with Gasteiger partial charge in [-0.3, -0.25) is 0 Å². The highest BCUT2D eigenvalue weighted by atomic mass is 32.1. The number of aromatic nitrogens is 2. The van der Waals surface area contributed by atoms with Crippen molar-refractivity contribution in [3.8, 4) is 22.1 Å². The maximum absolute atomic E-state index is 9.78. The maximum Gasteiger partial charge on any atom is 0.160 e. The van der Waals surface area contributed by atoms with E-state index in [2.05, 4.69) is 22.4 Å². The second-order valence-corrected chi connectivity index (χ2v) is 5.41. The first-order chi connectivity index (χ1) is 9.74. The highest BCUT2D eigenvalue weighted by Crippen LogP contribution is 2.32. The molecule has 2 rings (SSSR count). The van der Waals surface area contributed by atoms with Crippen molar-refractivity contribution in [3.05, 3.63) is 23.2 Å². The van der Waals surface area contributed by atoms with Crippen LogP contribution in [0.5, 0.6) is 11.5 Å². The largest absolute Gasteiger partial charge is 0.504 e. The lowest BCUT2D eigenvalue weighted by Gasteiger charge is -2.03. The lowest BCUT2D eigenvalue weighted by atomic mass is 10.2. The Balaban J connectivity index is 2.03. The van der Waals surface area contributed by atoms with Gasteiger partial charge < -0.3 is 15.2 Å². The van der Waals surface area contributed by atoms with Gasteiger partial charge in [0.2, 0.25) is 0 Å². The van der Waals surface area contributed by atoms with Crippen LogP contribution in [0.25, 0.3) is 10.6 Å². The minimum Gasteiger partial charge on any atom is -0.504 e. The maximum atomic E-state index is 9.78. The fraction of sp³-hybridized carbons (Fsp3) is 0.429. The van der Waals surface area contributed by atoms with Gasteiger partial charge in [-0.15, -0.1) is 10.2 Å². The van der Waals surface area contributed by atoms with Gasteiger partial charge in [0, 0.05) is 12.0 Å². The molecule has 0 atom stereocenters. The predicted octanol–water partition coefficient (Wildman–Crippen LogP) is 2.46. The minimum absolute atomic E-state index is 0.119. The molecule has 0 bridgehead atoms. The van der Waals surface area contributed by atoms with Crippen LogP contribution in [0.1, 0.15) is 18.4 Å². The zero-order valence-electron chi connectivity index (χ0n) is 11.7. The summed E-state index contributed by atoms with van der Waals surface area (Å²) in [5.74, 6) is 0.582. The first kappa shape index (κ1) is 14.7. The topological polar surface area (TPSA) is 67.3 Å². The van der Waals surface area contributed by atoms with Crippen LogP contribution in [-0.4, -0.2) is 35.5 Å². The second-order valence-electron chi connectivity index (χ2n) is 4.34. The molecule has 0 spiro atoms. The third-order valence-electron chi connectivity index (χ3n) is 2.89. The number of phenolic OH excluding ortho intramolecular Hbond substituents is 1. The monoisotopic (exact) mass is 293 g/mol. The Morgan fingerprint density at radius 2 is 2.20 bits per heavy atom. The number of ether oxygens (including phenoxy) is 1. The molecule has 6 heteroatoms. The molecule has 20 heavy (non-hydrogen) atoms. The number of methoxy groups -OCH3 is 1. The summed E-state index contributed by atoms with van der Waals surface area (Å²) < 4.78 is 5.03. The molecule has 0 amide bonds. The van der Waals surface area contributed by atoms with E-state index in [-0.39, 0.29) is 5.75 Å². The summed E-state index contributed by atoms with van der Waals surface area (Å²) in [5, 5.41) is 23.3. The molecule has 1 aromatic carbocycles. The molecular weight excluding hydrogens is 274 g/mol. The molecule has 0 fully saturated rings. The van der Waals surface area contributed by atoms with Gasteiger partial charge in [-0.1, -0.05) is 18.3 Å². The van der Waals surface area contributed by atoms with Crippen LogP contribution < -0.4 is 10.1 Å². The number of benzene rings is 1. The van der Waals surface area contributed by atoms with Crippen molar-refractivity contribution >= 4 is 11.3 Å². The van der Waals surface area contributed by atoms with Crippen LogP contribution in [0.3, 0.4) is 0 Å². The van der Waals surface area contributed by atoms with E-state index in [4.69, 9.17) is 4.74 Å². The van der Waals surface area contributed by atoms with E-state index < -0.39 is 0 Å². The Morgan fingerprint density at radius 3 is 2.90 bits per heavy atom. The molecule has 0 radical (unpaired) electrons. The van der Waals surface area contributed by atoms with Crippen LogP contribution in [0.4, 0.5) is 0 Å². The number of aromatic hydroxyl groups is 1. The summed E-state index contributed by atoms with van der Waals surface area (Å²) in [6.07, 6.45) is 1.98. The van der Waals surface area contributed by atoms with Crippen molar-refractivity contribution in [2.24, 2.45) is 0 Å². The van der Waals surface area contributed by atoms with Gasteiger partial charge in [-0.05, 0) is 37.7 Å². The zero-order valence-corrected chi connectivity index (χ0v) is 12.5. The van der Waals surface area contributed by atoms with Crippen LogP contribution in [0.2, 0.25) is 0 Å². The van der Waals surface area contributed by atoms with Crippen molar-refractivity contribution < 1.29 is 9.84 Å². The molecule has 0 aliphatic heterocycles. The quantitative estimate of drug-likeness (QED) is 0.768. The highest BCUT2D eigenvalue weighted by molar-refractivity contribution is 7.14. The van der Waals surface area contributed by atoms with E-state index in [1.54, 1.807) is 23.5 Å². The predicted molar refractivity (Wildman–Crippen MR) is 80.4 cm³/mol. The van der Waals surface area contributed by atoms with E-state index in [1.165, 1.54) is 7.11 Å². The van der Waals surface area contributed by atoms with E-state index in [9.17, 15) is 5.11 Å². The average molecular weight is 293 g/mol. The Morgan fingerprint density at radius 1 is 1.35 bits per heavy atom. The Bertz CT molecular complexity index is 557. The normalized spacial score (nSPS) is 10.7. The van der Waals surface area contributed by atoms with Gasteiger partial charge >= 0.3 is 0 Å². The third-order valence-corrected chi connectivity index (χ3v) is 3.92. The Labute approximate surface area is 122 Å². The number of aryl methyl sites for hydroxylation is 1. The van der Waals surface area contributed by atoms with Crippen LogP contribution in [0.15, 0.2) is 18.2 Å². The standard InChI is InChI=1S/C14H19N3O2S/c1-3-15-8-4-5-13-16-17-14(20-13)10-6-7-12(19-2)11(18)9-10/h6-7,9,15,18H,3-5,8H2,1-2H3. The smallest absolute Gasteiger partial charge is 0.160 e. The molecule has 1 heterocycles. The molecule has 108 valence electrons. The van der Waals surface area contributed by atoms with Crippen molar-refractivity contribution in [2.45, 2.75) is 19.8 Å². The molecule has 0 saturated carbocycles. The molecule has 1 aromatic heterocycles. The van der Waals surface area contributed by atoms with E-state index in [0.717, 1.165) is 41.5 Å². The van der Waals surface area contributed by atoms with E-state index in [0.29, 0.717) is 5.75 Å². The van der Waals surface area contributed by atoms with Gasteiger partial charge in [0.1, 0.15) is 10.0 Å². The van der Waals surface area contributed by atoms with Gasteiger partial charge in [0.15, 0.2) is 11.5 Å². The first-order valence-corrected chi connectivity index (χ1v) is 7.46. The van der Waals surface area contributed by atoms with Crippen molar-refractivity contribution in [1.29, 1.82) is 0 Å².